The normalized spacial score (nSPS) is 16.1. The molecule has 0 unspecified atom stereocenters. The number of benzene rings is 2. The molecule has 0 saturated carbocycles. The molecule has 1 aliphatic rings. The fourth-order valence-electron chi connectivity index (χ4n) is 4.11. The van der Waals surface area contributed by atoms with Gasteiger partial charge in [0.1, 0.15) is 17.5 Å². The van der Waals surface area contributed by atoms with Crippen LogP contribution in [0.3, 0.4) is 0 Å². The van der Waals surface area contributed by atoms with Gasteiger partial charge in [0.05, 0.1) is 39.5 Å². The summed E-state index contributed by atoms with van der Waals surface area (Å²) in [7, 11) is 4.58. The first-order valence-corrected chi connectivity index (χ1v) is 11.5. The molecule has 0 aliphatic carbocycles. The summed E-state index contributed by atoms with van der Waals surface area (Å²) in [6.45, 7) is 3.85. The van der Waals surface area contributed by atoms with Gasteiger partial charge in [0, 0.05) is 13.0 Å². The summed E-state index contributed by atoms with van der Waals surface area (Å²) in [4.78, 5) is 24.9. The van der Waals surface area contributed by atoms with Crippen LogP contribution in [0.1, 0.15) is 30.9 Å². The lowest BCUT2D eigenvalue weighted by molar-refractivity contribution is -0.145. The molecular weight excluding hydrogens is 436 g/mol. The standard InChI is InChI=1S/C26H34N2O6/c1-5-34-16-18-14-22(31-2)24(23(15-18)32-3)19-10-8-17(9-11-19)13-21(26(30)33-4)28-25(29)20-7-6-12-27-20/h8-11,14-15,20-21,27H,5-7,12-13,16H2,1-4H3,(H,28,29)/t20-,21-/m0/s1. The predicted octanol–water partition coefficient (Wildman–Crippen LogP) is 2.86. The van der Waals surface area contributed by atoms with Gasteiger partial charge < -0.3 is 29.6 Å². The van der Waals surface area contributed by atoms with Crippen LogP contribution < -0.4 is 20.1 Å². The molecular formula is C26H34N2O6. The van der Waals surface area contributed by atoms with Gasteiger partial charge in [-0.25, -0.2) is 4.79 Å². The second-order valence-corrected chi connectivity index (χ2v) is 8.15. The Bertz CT molecular complexity index is 945. The minimum atomic E-state index is -0.757. The number of methoxy groups -OCH3 is 3. The third-order valence-electron chi connectivity index (χ3n) is 5.90. The van der Waals surface area contributed by atoms with Gasteiger partial charge in [-0.2, -0.15) is 0 Å². The Morgan fingerprint density at radius 1 is 1.06 bits per heavy atom. The van der Waals surface area contributed by atoms with Crippen molar-refractivity contribution in [2.75, 3.05) is 34.5 Å². The zero-order valence-corrected chi connectivity index (χ0v) is 20.3. The zero-order valence-electron chi connectivity index (χ0n) is 20.3. The van der Waals surface area contributed by atoms with Crippen LogP contribution in [0.5, 0.6) is 11.5 Å². The quantitative estimate of drug-likeness (QED) is 0.488. The highest BCUT2D eigenvalue weighted by molar-refractivity contribution is 5.88. The van der Waals surface area contributed by atoms with Crippen LogP contribution in [0.15, 0.2) is 36.4 Å². The molecule has 0 spiro atoms. The second kappa shape index (κ2) is 12.4. The van der Waals surface area contributed by atoms with Gasteiger partial charge in [0.15, 0.2) is 0 Å². The minimum Gasteiger partial charge on any atom is -0.496 e. The Labute approximate surface area is 200 Å². The topological polar surface area (TPSA) is 95.1 Å². The highest BCUT2D eigenvalue weighted by Crippen LogP contribution is 2.40. The van der Waals surface area contributed by atoms with E-state index in [2.05, 4.69) is 10.6 Å². The van der Waals surface area contributed by atoms with Crippen molar-refractivity contribution >= 4 is 11.9 Å². The highest BCUT2D eigenvalue weighted by Gasteiger charge is 2.28. The molecule has 8 nitrogen and oxygen atoms in total. The lowest BCUT2D eigenvalue weighted by Crippen LogP contribution is -2.49. The summed E-state index contributed by atoms with van der Waals surface area (Å²) in [6, 6.07) is 10.6. The summed E-state index contributed by atoms with van der Waals surface area (Å²) in [5.41, 5.74) is 3.60. The maximum atomic E-state index is 12.5. The number of esters is 1. The SMILES string of the molecule is CCOCc1cc(OC)c(-c2ccc(C[C@H](NC(=O)[C@@H]3CCCN3)C(=O)OC)cc2)c(OC)c1. The Kier molecular flexibility index (Phi) is 9.30. The largest absolute Gasteiger partial charge is 0.496 e. The van der Waals surface area contributed by atoms with Crippen LogP contribution in [-0.2, 0) is 32.1 Å². The van der Waals surface area contributed by atoms with Crippen molar-refractivity contribution in [3.63, 3.8) is 0 Å². The molecule has 1 fully saturated rings. The average molecular weight is 471 g/mol. The lowest BCUT2D eigenvalue weighted by Gasteiger charge is -2.20. The van der Waals surface area contributed by atoms with E-state index in [1.54, 1.807) is 14.2 Å². The van der Waals surface area contributed by atoms with E-state index in [9.17, 15) is 9.59 Å². The van der Waals surface area contributed by atoms with Crippen LogP contribution in [0.25, 0.3) is 11.1 Å². The zero-order chi connectivity index (χ0) is 24.5. The molecule has 8 heteroatoms. The molecule has 2 aromatic carbocycles. The van der Waals surface area contributed by atoms with Gasteiger partial charge >= 0.3 is 5.97 Å². The Hall–Kier alpha value is -3.10. The molecule has 3 rings (SSSR count). The molecule has 184 valence electrons. The number of ether oxygens (including phenoxy) is 4. The molecule has 1 amide bonds. The average Bonchev–Trinajstić information content (AvgIpc) is 3.41. The molecule has 1 saturated heterocycles. The highest BCUT2D eigenvalue weighted by atomic mass is 16.5. The number of nitrogens with one attached hydrogen (secondary N) is 2. The monoisotopic (exact) mass is 470 g/mol. The van der Waals surface area contributed by atoms with Crippen molar-refractivity contribution in [1.29, 1.82) is 0 Å². The van der Waals surface area contributed by atoms with Crippen LogP contribution in [-0.4, -0.2) is 58.4 Å². The first kappa shape index (κ1) is 25.5. The molecule has 34 heavy (non-hydrogen) atoms. The Morgan fingerprint density at radius 3 is 2.26 bits per heavy atom. The van der Waals surface area contributed by atoms with E-state index in [0.29, 0.717) is 31.1 Å². The van der Waals surface area contributed by atoms with Crippen molar-refractivity contribution in [3.8, 4) is 22.6 Å². The lowest BCUT2D eigenvalue weighted by atomic mass is 9.98. The molecule has 1 heterocycles. The van der Waals surface area contributed by atoms with Gasteiger partial charge in [-0.1, -0.05) is 24.3 Å². The first-order valence-electron chi connectivity index (χ1n) is 11.5. The molecule has 2 N–H and O–H groups in total. The smallest absolute Gasteiger partial charge is 0.328 e. The maximum absolute atomic E-state index is 12.5. The van der Waals surface area contributed by atoms with Gasteiger partial charge in [-0.3, -0.25) is 4.79 Å². The molecule has 0 radical (unpaired) electrons. The van der Waals surface area contributed by atoms with Crippen molar-refractivity contribution in [1.82, 2.24) is 10.6 Å². The van der Waals surface area contributed by atoms with Crippen molar-refractivity contribution in [3.05, 3.63) is 47.5 Å². The number of hydrogen-bond donors (Lipinski definition) is 2. The molecule has 0 aromatic heterocycles. The minimum absolute atomic E-state index is 0.175. The van der Waals surface area contributed by atoms with Crippen LogP contribution in [0.2, 0.25) is 0 Å². The third kappa shape index (κ3) is 6.27. The van der Waals surface area contributed by atoms with E-state index in [0.717, 1.165) is 41.6 Å². The Balaban J connectivity index is 1.80. The van der Waals surface area contributed by atoms with Crippen LogP contribution >= 0.6 is 0 Å². The van der Waals surface area contributed by atoms with Crippen molar-refractivity contribution in [2.45, 2.75) is 44.9 Å². The molecule has 1 aliphatic heterocycles. The summed E-state index contributed by atoms with van der Waals surface area (Å²) in [5, 5.41) is 5.99. The van der Waals surface area contributed by atoms with E-state index in [1.165, 1.54) is 7.11 Å². The second-order valence-electron chi connectivity index (χ2n) is 8.15. The van der Waals surface area contributed by atoms with Crippen molar-refractivity contribution < 1.29 is 28.5 Å². The third-order valence-corrected chi connectivity index (χ3v) is 5.90. The van der Waals surface area contributed by atoms with Crippen molar-refractivity contribution in [2.24, 2.45) is 0 Å². The van der Waals surface area contributed by atoms with E-state index >= 15 is 0 Å². The molecule has 2 atom stereocenters. The summed E-state index contributed by atoms with van der Waals surface area (Å²) in [6.07, 6.45) is 2.04. The number of carbonyl (C=O) groups is 2. The summed E-state index contributed by atoms with van der Waals surface area (Å²) < 4.78 is 21.7. The Morgan fingerprint density at radius 2 is 1.74 bits per heavy atom. The number of amides is 1. The van der Waals surface area contributed by atoms with E-state index in [4.69, 9.17) is 18.9 Å². The number of rotatable bonds is 11. The molecule has 0 bridgehead atoms. The van der Waals surface area contributed by atoms with Gasteiger partial charge in [-0.05, 0) is 55.1 Å². The first-order chi connectivity index (χ1) is 16.5. The number of hydrogen-bond acceptors (Lipinski definition) is 7. The van der Waals surface area contributed by atoms with E-state index < -0.39 is 12.0 Å². The van der Waals surface area contributed by atoms with Gasteiger partial charge in [-0.15, -0.1) is 0 Å². The van der Waals surface area contributed by atoms with Gasteiger partial charge in [0.25, 0.3) is 0 Å². The van der Waals surface area contributed by atoms with Gasteiger partial charge in [0.2, 0.25) is 5.91 Å². The van der Waals surface area contributed by atoms with E-state index in [-0.39, 0.29) is 11.9 Å². The fourth-order valence-corrected chi connectivity index (χ4v) is 4.11. The van der Waals surface area contributed by atoms with Crippen LogP contribution in [0.4, 0.5) is 0 Å². The summed E-state index contributed by atoms with van der Waals surface area (Å²) >= 11 is 0. The molecule has 2 aromatic rings. The van der Waals surface area contributed by atoms with E-state index in [1.807, 2.05) is 43.3 Å². The summed E-state index contributed by atoms with van der Waals surface area (Å²) in [5.74, 6) is 0.728. The number of carbonyl (C=O) groups excluding carboxylic acids is 2. The fraction of sp³-hybridized carbons (Fsp3) is 0.462. The predicted molar refractivity (Wildman–Crippen MR) is 129 cm³/mol. The maximum Gasteiger partial charge on any atom is 0.328 e. The van der Waals surface area contributed by atoms with Crippen LogP contribution in [0, 0.1) is 0 Å².